The minimum Gasteiger partial charge on any atom is -0.469 e. The molecule has 0 heterocycles. The van der Waals surface area contributed by atoms with E-state index < -0.39 is 0 Å². The molecule has 116 valence electrons. The Balaban J connectivity index is 2.44. The fourth-order valence-electron chi connectivity index (χ4n) is 2.59. The Morgan fingerprint density at radius 1 is 0.955 bits per heavy atom. The number of esters is 1. The van der Waals surface area contributed by atoms with Gasteiger partial charge in [-0.1, -0.05) is 50.2 Å². The van der Waals surface area contributed by atoms with Gasteiger partial charge in [-0.15, -0.1) is 0 Å². The summed E-state index contributed by atoms with van der Waals surface area (Å²) < 4.78 is 4.89. The number of anilines is 2. The van der Waals surface area contributed by atoms with E-state index in [2.05, 4.69) is 43.0 Å². The summed E-state index contributed by atoms with van der Waals surface area (Å²) in [7, 11) is 1.44. The molecule has 2 aromatic carbocycles. The fourth-order valence-corrected chi connectivity index (χ4v) is 2.59. The molecule has 0 aliphatic heterocycles. The van der Waals surface area contributed by atoms with Gasteiger partial charge in [0.1, 0.15) is 0 Å². The molecule has 0 aromatic heterocycles. The van der Waals surface area contributed by atoms with E-state index in [1.54, 1.807) is 0 Å². The lowest BCUT2D eigenvalue weighted by Crippen LogP contribution is -2.37. The highest BCUT2D eigenvalue weighted by molar-refractivity contribution is 5.73. The SMILES string of the molecule is COC(=O)C[C@H](C(C)C)N(c1ccccc1)c1ccccc1. The number of hydrogen-bond donors (Lipinski definition) is 0. The molecule has 0 aliphatic rings. The molecule has 0 aliphatic carbocycles. The molecule has 1 atom stereocenters. The van der Waals surface area contributed by atoms with Crippen molar-refractivity contribution in [3.05, 3.63) is 60.7 Å². The fraction of sp³-hybridized carbons (Fsp3) is 0.316. The normalized spacial score (nSPS) is 12.0. The predicted octanol–water partition coefficient (Wildman–Crippen LogP) is 4.41. The van der Waals surface area contributed by atoms with Gasteiger partial charge in [-0.2, -0.15) is 0 Å². The van der Waals surface area contributed by atoms with Gasteiger partial charge in [0.2, 0.25) is 0 Å². The van der Waals surface area contributed by atoms with E-state index >= 15 is 0 Å². The highest BCUT2D eigenvalue weighted by Gasteiger charge is 2.26. The molecule has 0 N–H and O–H groups in total. The molecule has 0 unspecified atom stereocenters. The lowest BCUT2D eigenvalue weighted by atomic mass is 9.97. The van der Waals surface area contributed by atoms with Crippen molar-refractivity contribution in [2.45, 2.75) is 26.3 Å². The third-order valence-corrected chi connectivity index (χ3v) is 3.77. The third kappa shape index (κ3) is 3.88. The summed E-state index contributed by atoms with van der Waals surface area (Å²) in [5.41, 5.74) is 2.16. The first-order chi connectivity index (χ1) is 10.6. The van der Waals surface area contributed by atoms with Crippen LogP contribution in [0.3, 0.4) is 0 Å². The van der Waals surface area contributed by atoms with Crippen LogP contribution >= 0.6 is 0 Å². The first kappa shape index (κ1) is 16.1. The number of methoxy groups -OCH3 is 1. The van der Waals surface area contributed by atoms with Crippen LogP contribution in [0.25, 0.3) is 0 Å². The molecular weight excluding hydrogens is 274 g/mol. The second kappa shape index (κ2) is 7.64. The van der Waals surface area contributed by atoms with Crippen LogP contribution in [0.2, 0.25) is 0 Å². The standard InChI is InChI=1S/C19H23NO2/c1-15(2)18(14-19(21)22-3)20(16-10-6-4-7-11-16)17-12-8-5-9-13-17/h4-13,15,18H,14H2,1-3H3/t18-/m1/s1. The lowest BCUT2D eigenvalue weighted by molar-refractivity contribution is -0.141. The largest absolute Gasteiger partial charge is 0.469 e. The molecule has 0 spiro atoms. The van der Waals surface area contributed by atoms with Crippen LogP contribution in [0.15, 0.2) is 60.7 Å². The van der Waals surface area contributed by atoms with Crippen molar-refractivity contribution in [2.75, 3.05) is 12.0 Å². The van der Waals surface area contributed by atoms with E-state index in [1.165, 1.54) is 7.11 Å². The highest BCUT2D eigenvalue weighted by atomic mass is 16.5. The lowest BCUT2D eigenvalue weighted by Gasteiger charge is -2.36. The minimum absolute atomic E-state index is 0.0391. The van der Waals surface area contributed by atoms with Gasteiger partial charge in [0.15, 0.2) is 0 Å². The monoisotopic (exact) mass is 297 g/mol. The molecule has 0 bridgehead atoms. The van der Waals surface area contributed by atoms with E-state index in [0.717, 1.165) is 11.4 Å². The molecule has 22 heavy (non-hydrogen) atoms. The minimum atomic E-state index is -0.185. The summed E-state index contributed by atoms with van der Waals surface area (Å²) in [6.45, 7) is 4.26. The van der Waals surface area contributed by atoms with Crippen molar-refractivity contribution in [1.82, 2.24) is 0 Å². The average Bonchev–Trinajstić information content (AvgIpc) is 2.56. The number of ether oxygens (including phenoxy) is 1. The summed E-state index contributed by atoms with van der Waals surface area (Å²) in [6.07, 6.45) is 0.359. The van der Waals surface area contributed by atoms with Crippen LogP contribution in [0.5, 0.6) is 0 Å². The van der Waals surface area contributed by atoms with Crippen LogP contribution < -0.4 is 4.90 Å². The topological polar surface area (TPSA) is 29.5 Å². The average molecular weight is 297 g/mol. The first-order valence-electron chi connectivity index (χ1n) is 7.59. The van der Waals surface area contributed by atoms with Gasteiger partial charge < -0.3 is 9.64 Å². The van der Waals surface area contributed by atoms with E-state index in [9.17, 15) is 4.79 Å². The predicted molar refractivity (Wildman–Crippen MR) is 90.3 cm³/mol. The molecule has 3 nitrogen and oxygen atoms in total. The molecule has 0 fully saturated rings. The summed E-state index contributed by atoms with van der Waals surface area (Å²) in [6, 6.07) is 20.4. The maximum absolute atomic E-state index is 11.8. The maximum atomic E-state index is 11.8. The van der Waals surface area contributed by atoms with Gasteiger partial charge in [0, 0.05) is 17.4 Å². The Bertz CT molecular complexity index is 541. The van der Waals surface area contributed by atoms with Gasteiger partial charge in [0.25, 0.3) is 0 Å². The first-order valence-corrected chi connectivity index (χ1v) is 7.59. The van der Waals surface area contributed by atoms with Crippen molar-refractivity contribution >= 4 is 17.3 Å². The van der Waals surface area contributed by atoms with Crippen molar-refractivity contribution in [3.63, 3.8) is 0 Å². The van der Waals surface area contributed by atoms with Crippen molar-refractivity contribution in [2.24, 2.45) is 5.92 Å². The number of hydrogen-bond acceptors (Lipinski definition) is 3. The highest BCUT2D eigenvalue weighted by Crippen LogP contribution is 2.31. The maximum Gasteiger partial charge on any atom is 0.307 e. The van der Waals surface area contributed by atoms with Crippen molar-refractivity contribution in [3.8, 4) is 0 Å². The summed E-state index contributed by atoms with van der Waals surface area (Å²) in [5.74, 6) is 0.120. The van der Waals surface area contributed by atoms with E-state index in [4.69, 9.17) is 4.74 Å². The van der Waals surface area contributed by atoms with Gasteiger partial charge in [-0.25, -0.2) is 0 Å². The van der Waals surface area contributed by atoms with E-state index in [1.807, 2.05) is 36.4 Å². The smallest absolute Gasteiger partial charge is 0.307 e. The number of para-hydroxylation sites is 2. The van der Waals surface area contributed by atoms with E-state index in [-0.39, 0.29) is 12.0 Å². The van der Waals surface area contributed by atoms with Crippen LogP contribution in [-0.2, 0) is 9.53 Å². The quantitative estimate of drug-likeness (QED) is 0.740. The summed E-state index contributed by atoms with van der Waals surface area (Å²) in [5, 5.41) is 0. The van der Waals surface area contributed by atoms with E-state index in [0.29, 0.717) is 12.3 Å². The van der Waals surface area contributed by atoms with Gasteiger partial charge in [0.05, 0.1) is 13.5 Å². The number of rotatable bonds is 6. The second-order valence-corrected chi connectivity index (χ2v) is 5.63. The van der Waals surface area contributed by atoms with Crippen LogP contribution in [0.4, 0.5) is 11.4 Å². The third-order valence-electron chi connectivity index (χ3n) is 3.77. The Hall–Kier alpha value is -2.29. The molecule has 0 saturated heterocycles. The molecule has 2 rings (SSSR count). The van der Waals surface area contributed by atoms with Crippen molar-refractivity contribution in [1.29, 1.82) is 0 Å². The van der Waals surface area contributed by atoms with Crippen LogP contribution in [0, 0.1) is 5.92 Å². The second-order valence-electron chi connectivity index (χ2n) is 5.63. The number of nitrogens with zero attached hydrogens (tertiary/aromatic N) is 1. The van der Waals surface area contributed by atoms with Crippen molar-refractivity contribution < 1.29 is 9.53 Å². The number of benzene rings is 2. The molecular formula is C19H23NO2. The van der Waals surface area contributed by atoms with Gasteiger partial charge in [-0.3, -0.25) is 4.79 Å². The van der Waals surface area contributed by atoms with Crippen LogP contribution in [-0.4, -0.2) is 19.1 Å². The number of carbonyl (C=O) groups excluding carboxylic acids is 1. The summed E-state index contributed by atoms with van der Waals surface area (Å²) >= 11 is 0. The van der Waals surface area contributed by atoms with Gasteiger partial charge in [-0.05, 0) is 30.2 Å². The van der Waals surface area contributed by atoms with Crippen LogP contribution in [0.1, 0.15) is 20.3 Å². The Morgan fingerprint density at radius 3 is 1.77 bits per heavy atom. The zero-order valence-electron chi connectivity index (χ0n) is 13.4. The summed E-state index contributed by atoms with van der Waals surface area (Å²) in [4.78, 5) is 14.1. The molecule has 0 saturated carbocycles. The Morgan fingerprint density at radius 2 is 1.41 bits per heavy atom. The van der Waals surface area contributed by atoms with Gasteiger partial charge >= 0.3 is 5.97 Å². The number of carbonyl (C=O) groups is 1. The molecule has 0 amide bonds. The zero-order valence-corrected chi connectivity index (χ0v) is 13.4. The Kier molecular flexibility index (Phi) is 5.59. The molecule has 3 heteroatoms. The molecule has 2 aromatic rings. The zero-order chi connectivity index (χ0) is 15.9. The molecule has 0 radical (unpaired) electrons. The Labute approximate surface area is 132 Å².